The Morgan fingerprint density at radius 1 is 1.13 bits per heavy atom. The Morgan fingerprint density at radius 3 is 2.33 bits per heavy atom. The van der Waals surface area contributed by atoms with Crippen molar-refractivity contribution in [1.82, 2.24) is 0 Å². The van der Waals surface area contributed by atoms with E-state index in [0.29, 0.717) is 12.8 Å². The van der Waals surface area contributed by atoms with Gasteiger partial charge in [-0.1, -0.05) is 18.2 Å². The number of hydrogen-bond donors (Lipinski definition) is 1. The summed E-state index contributed by atoms with van der Waals surface area (Å²) in [6.07, 6.45) is 1.25. The topological polar surface area (TPSA) is 54.4 Å². The maximum absolute atomic E-state index is 11.2. The van der Waals surface area contributed by atoms with Crippen LogP contribution in [-0.2, 0) is 9.84 Å². The van der Waals surface area contributed by atoms with Crippen LogP contribution in [0.4, 0.5) is 0 Å². The Labute approximate surface area is 89.7 Å². The van der Waals surface area contributed by atoms with E-state index in [4.69, 9.17) is 0 Å². The fourth-order valence-electron chi connectivity index (χ4n) is 2.03. The smallest absolute Gasteiger partial charge is 0.150 e. The van der Waals surface area contributed by atoms with Crippen LogP contribution in [0.15, 0.2) is 24.3 Å². The number of phenolic OH excluding ortho intramolecular Hbond substituents is 1. The molecule has 1 heterocycles. The zero-order chi connectivity index (χ0) is 10.9. The maximum Gasteiger partial charge on any atom is 0.150 e. The Bertz CT molecular complexity index is 437. The van der Waals surface area contributed by atoms with E-state index in [-0.39, 0.29) is 23.2 Å². The zero-order valence-electron chi connectivity index (χ0n) is 8.39. The zero-order valence-corrected chi connectivity index (χ0v) is 9.20. The number of phenols is 1. The molecule has 1 fully saturated rings. The molecule has 1 aliphatic rings. The van der Waals surface area contributed by atoms with Gasteiger partial charge in [-0.15, -0.1) is 0 Å². The van der Waals surface area contributed by atoms with Gasteiger partial charge in [0.25, 0.3) is 0 Å². The third kappa shape index (κ3) is 2.31. The van der Waals surface area contributed by atoms with Crippen LogP contribution in [0.3, 0.4) is 0 Å². The van der Waals surface area contributed by atoms with E-state index in [1.54, 1.807) is 12.1 Å². The highest BCUT2D eigenvalue weighted by Gasteiger charge is 2.25. The molecule has 0 spiro atoms. The van der Waals surface area contributed by atoms with Crippen LogP contribution in [0, 0.1) is 0 Å². The lowest BCUT2D eigenvalue weighted by Gasteiger charge is -2.22. The van der Waals surface area contributed by atoms with E-state index in [1.807, 2.05) is 12.1 Å². The third-order valence-corrected chi connectivity index (χ3v) is 4.65. The predicted octanol–water partition coefficient (Wildman–Crippen LogP) is 1.68. The lowest BCUT2D eigenvalue weighted by molar-refractivity contribution is 0.454. The Kier molecular flexibility index (Phi) is 2.69. The van der Waals surface area contributed by atoms with Crippen LogP contribution in [0.2, 0.25) is 0 Å². The van der Waals surface area contributed by atoms with Gasteiger partial charge in [-0.2, -0.15) is 0 Å². The summed E-state index contributed by atoms with van der Waals surface area (Å²) in [5.74, 6) is 0.953. The van der Waals surface area contributed by atoms with Crippen LogP contribution < -0.4 is 0 Å². The highest BCUT2D eigenvalue weighted by Crippen LogP contribution is 2.33. The first-order valence-electron chi connectivity index (χ1n) is 5.07. The van der Waals surface area contributed by atoms with Crippen molar-refractivity contribution in [3.05, 3.63) is 29.8 Å². The number of para-hydroxylation sites is 1. The van der Waals surface area contributed by atoms with E-state index in [2.05, 4.69) is 0 Å². The Morgan fingerprint density at radius 2 is 1.73 bits per heavy atom. The molecule has 0 saturated carbocycles. The van der Waals surface area contributed by atoms with Gasteiger partial charge in [-0.25, -0.2) is 8.42 Å². The predicted molar refractivity (Wildman–Crippen MR) is 58.7 cm³/mol. The Hall–Kier alpha value is -1.03. The molecule has 0 radical (unpaired) electrons. The molecule has 0 atom stereocenters. The van der Waals surface area contributed by atoms with Gasteiger partial charge in [-0.05, 0) is 30.4 Å². The molecule has 1 saturated heterocycles. The third-order valence-electron chi connectivity index (χ3n) is 2.93. The van der Waals surface area contributed by atoms with Crippen molar-refractivity contribution in [3.63, 3.8) is 0 Å². The van der Waals surface area contributed by atoms with Gasteiger partial charge in [0.15, 0.2) is 0 Å². The van der Waals surface area contributed by atoms with Crippen LogP contribution in [0.1, 0.15) is 24.3 Å². The van der Waals surface area contributed by atoms with Crippen molar-refractivity contribution in [2.45, 2.75) is 18.8 Å². The lowest BCUT2D eigenvalue weighted by atomic mass is 9.93. The number of rotatable bonds is 1. The number of sulfone groups is 1. The van der Waals surface area contributed by atoms with Gasteiger partial charge < -0.3 is 5.11 Å². The van der Waals surface area contributed by atoms with Gasteiger partial charge >= 0.3 is 0 Å². The minimum absolute atomic E-state index is 0.190. The average molecular weight is 226 g/mol. The summed E-state index contributed by atoms with van der Waals surface area (Å²) in [4.78, 5) is 0. The minimum Gasteiger partial charge on any atom is -0.508 e. The molecule has 1 N–H and O–H groups in total. The quantitative estimate of drug-likeness (QED) is 0.792. The number of aromatic hydroxyl groups is 1. The normalized spacial score (nSPS) is 21.3. The summed E-state index contributed by atoms with van der Waals surface area (Å²) in [6, 6.07) is 7.17. The molecular weight excluding hydrogens is 212 g/mol. The minimum atomic E-state index is -2.82. The summed E-state index contributed by atoms with van der Waals surface area (Å²) < 4.78 is 22.5. The van der Waals surface area contributed by atoms with Crippen molar-refractivity contribution in [2.24, 2.45) is 0 Å². The number of hydrogen-bond acceptors (Lipinski definition) is 3. The Balaban J connectivity index is 2.18. The second kappa shape index (κ2) is 3.85. The summed E-state index contributed by atoms with van der Waals surface area (Å²) in [5, 5.41) is 9.64. The molecule has 0 aliphatic carbocycles. The van der Waals surface area contributed by atoms with Gasteiger partial charge in [0.1, 0.15) is 15.6 Å². The summed E-state index contributed by atoms with van der Waals surface area (Å²) in [6.45, 7) is 0. The second-order valence-electron chi connectivity index (χ2n) is 3.98. The summed E-state index contributed by atoms with van der Waals surface area (Å²) in [7, 11) is -2.82. The van der Waals surface area contributed by atoms with E-state index in [1.165, 1.54) is 0 Å². The van der Waals surface area contributed by atoms with Crippen LogP contribution in [0.25, 0.3) is 0 Å². The molecule has 1 aromatic carbocycles. The second-order valence-corrected chi connectivity index (χ2v) is 6.29. The van der Waals surface area contributed by atoms with Crippen LogP contribution in [0.5, 0.6) is 5.75 Å². The lowest BCUT2D eigenvalue weighted by Crippen LogP contribution is -2.22. The van der Waals surface area contributed by atoms with Crippen LogP contribution >= 0.6 is 0 Å². The molecule has 4 heteroatoms. The molecular formula is C11H14O3S. The standard InChI is InChI=1S/C11H14O3S/c12-11-4-2-1-3-10(11)9-5-7-15(13,14)8-6-9/h1-4,9,12H,5-8H2. The van der Waals surface area contributed by atoms with Crippen molar-refractivity contribution < 1.29 is 13.5 Å². The number of benzene rings is 1. The highest BCUT2D eigenvalue weighted by molar-refractivity contribution is 7.91. The fraction of sp³-hybridized carbons (Fsp3) is 0.455. The molecule has 1 aromatic rings. The molecule has 82 valence electrons. The molecule has 0 aromatic heterocycles. The summed E-state index contributed by atoms with van der Waals surface area (Å²) in [5.41, 5.74) is 0.882. The van der Waals surface area contributed by atoms with Crippen molar-refractivity contribution in [1.29, 1.82) is 0 Å². The van der Waals surface area contributed by atoms with E-state index >= 15 is 0 Å². The average Bonchev–Trinajstić information content (AvgIpc) is 2.19. The SMILES string of the molecule is O=S1(=O)CCC(c2ccccc2O)CC1. The van der Waals surface area contributed by atoms with E-state index in [0.717, 1.165) is 5.56 Å². The summed E-state index contributed by atoms with van der Waals surface area (Å²) >= 11 is 0. The molecule has 1 aliphatic heterocycles. The van der Waals surface area contributed by atoms with Crippen LogP contribution in [-0.4, -0.2) is 25.0 Å². The monoisotopic (exact) mass is 226 g/mol. The van der Waals surface area contributed by atoms with Gasteiger partial charge in [-0.3, -0.25) is 0 Å². The first-order valence-corrected chi connectivity index (χ1v) is 6.89. The maximum atomic E-state index is 11.2. The largest absolute Gasteiger partial charge is 0.508 e. The molecule has 0 amide bonds. The van der Waals surface area contributed by atoms with Gasteiger partial charge in [0, 0.05) is 0 Å². The molecule has 0 unspecified atom stereocenters. The first kappa shape index (κ1) is 10.5. The molecule has 2 rings (SSSR count). The highest BCUT2D eigenvalue weighted by atomic mass is 32.2. The van der Waals surface area contributed by atoms with E-state index in [9.17, 15) is 13.5 Å². The molecule has 0 bridgehead atoms. The van der Waals surface area contributed by atoms with Gasteiger partial charge in [0.05, 0.1) is 11.5 Å². The van der Waals surface area contributed by atoms with Crippen molar-refractivity contribution in [3.8, 4) is 5.75 Å². The first-order chi connectivity index (χ1) is 7.08. The molecule has 15 heavy (non-hydrogen) atoms. The fourth-order valence-corrected chi connectivity index (χ4v) is 3.53. The van der Waals surface area contributed by atoms with Crippen molar-refractivity contribution in [2.75, 3.05) is 11.5 Å². The van der Waals surface area contributed by atoms with Crippen molar-refractivity contribution >= 4 is 9.84 Å². The van der Waals surface area contributed by atoms with Gasteiger partial charge in [0.2, 0.25) is 0 Å². The molecule has 3 nitrogen and oxygen atoms in total. The van der Waals surface area contributed by atoms with E-state index < -0.39 is 9.84 Å².